The van der Waals surface area contributed by atoms with Crippen LogP contribution < -0.4 is 15.8 Å². The van der Waals surface area contributed by atoms with E-state index in [1.165, 1.54) is 6.07 Å². The molecule has 0 unspecified atom stereocenters. The van der Waals surface area contributed by atoms with Crippen LogP contribution in [0.5, 0.6) is 0 Å². The second-order valence-electron chi connectivity index (χ2n) is 4.64. The van der Waals surface area contributed by atoms with Gasteiger partial charge in [0.2, 0.25) is 10.0 Å². The average Bonchev–Trinajstić information content (AvgIpc) is 2.73. The molecule has 0 fully saturated rings. The number of primary sulfonamides is 1. The molecular formula is C13H17N3O3S. The maximum atomic E-state index is 11.6. The van der Waals surface area contributed by atoms with E-state index < -0.39 is 10.0 Å². The van der Waals surface area contributed by atoms with Crippen LogP contribution in [0.4, 0.5) is 11.4 Å². The van der Waals surface area contributed by atoms with E-state index in [0.29, 0.717) is 17.9 Å². The quantitative estimate of drug-likeness (QED) is 0.831. The Labute approximate surface area is 118 Å². The molecule has 4 N–H and O–H groups in total. The molecule has 0 saturated carbocycles. The van der Waals surface area contributed by atoms with Crippen molar-refractivity contribution in [3.8, 4) is 0 Å². The Kier molecular flexibility index (Phi) is 3.74. The van der Waals surface area contributed by atoms with Crippen molar-refractivity contribution in [2.24, 2.45) is 5.14 Å². The molecule has 0 saturated heterocycles. The fourth-order valence-electron chi connectivity index (χ4n) is 1.96. The van der Waals surface area contributed by atoms with Crippen molar-refractivity contribution < 1.29 is 12.8 Å². The second-order valence-corrected chi connectivity index (χ2v) is 6.17. The van der Waals surface area contributed by atoms with E-state index in [4.69, 9.17) is 15.3 Å². The summed E-state index contributed by atoms with van der Waals surface area (Å²) >= 11 is 0. The van der Waals surface area contributed by atoms with Crippen molar-refractivity contribution in [3.05, 3.63) is 41.9 Å². The number of nitrogen functional groups attached to an aromatic ring is 1. The lowest BCUT2D eigenvalue weighted by Crippen LogP contribution is -2.22. The van der Waals surface area contributed by atoms with Gasteiger partial charge in [-0.05, 0) is 37.3 Å². The Hall–Kier alpha value is -1.99. The van der Waals surface area contributed by atoms with Gasteiger partial charge in [-0.25, -0.2) is 13.6 Å². The average molecular weight is 295 g/mol. The maximum Gasteiger partial charge on any atom is 0.240 e. The third-order valence-corrected chi connectivity index (χ3v) is 3.83. The van der Waals surface area contributed by atoms with Crippen molar-refractivity contribution in [1.29, 1.82) is 0 Å². The molecule has 0 radical (unpaired) electrons. The number of anilines is 2. The molecule has 2 rings (SSSR count). The van der Waals surface area contributed by atoms with Crippen LogP contribution in [-0.4, -0.2) is 15.5 Å². The SMILES string of the molecule is Cc1ccc(CN(C)c2ccc(N)cc2S(N)(=O)=O)o1. The van der Waals surface area contributed by atoms with Crippen molar-refractivity contribution in [3.63, 3.8) is 0 Å². The van der Waals surface area contributed by atoms with E-state index >= 15 is 0 Å². The molecule has 1 aromatic carbocycles. The zero-order chi connectivity index (χ0) is 14.9. The largest absolute Gasteiger partial charge is 0.464 e. The van der Waals surface area contributed by atoms with Crippen LogP contribution in [0.1, 0.15) is 11.5 Å². The van der Waals surface area contributed by atoms with E-state index in [-0.39, 0.29) is 4.90 Å². The van der Waals surface area contributed by atoms with Gasteiger partial charge in [-0.2, -0.15) is 0 Å². The van der Waals surface area contributed by atoms with Gasteiger partial charge in [0.15, 0.2) is 0 Å². The first kappa shape index (κ1) is 14.4. The molecule has 6 nitrogen and oxygen atoms in total. The third-order valence-electron chi connectivity index (χ3n) is 2.89. The Bertz CT molecular complexity index is 722. The number of hydrogen-bond donors (Lipinski definition) is 2. The number of nitrogens with two attached hydrogens (primary N) is 2. The summed E-state index contributed by atoms with van der Waals surface area (Å²) in [5.41, 5.74) is 6.45. The highest BCUT2D eigenvalue weighted by atomic mass is 32.2. The number of nitrogens with zero attached hydrogens (tertiary/aromatic N) is 1. The Balaban J connectivity index is 2.37. The highest BCUT2D eigenvalue weighted by molar-refractivity contribution is 7.89. The standard InChI is InChI=1S/C13H17N3O3S/c1-9-3-5-11(19-9)8-16(2)12-6-4-10(14)7-13(12)20(15,17)18/h3-7H,8,14H2,1-2H3,(H2,15,17,18). The molecule has 0 atom stereocenters. The summed E-state index contributed by atoms with van der Waals surface area (Å²) in [4.78, 5) is 1.75. The lowest BCUT2D eigenvalue weighted by Gasteiger charge is -2.21. The highest BCUT2D eigenvalue weighted by Gasteiger charge is 2.18. The number of hydrogen-bond acceptors (Lipinski definition) is 5. The molecule has 0 aliphatic carbocycles. The number of sulfonamides is 1. The molecule has 2 aromatic rings. The van der Waals surface area contributed by atoms with Crippen molar-refractivity contribution >= 4 is 21.4 Å². The predicted molar refractivity (Wildman–Crippen MR) is 77.8 cm³/mol. The maximum absolute atomic E-state index is 11.6. The van der Waals surface area contributed by atoms with Gasteiger partial charge < -0.3 is 15.1 Å². The predicted octanol–water partition coefficient (Wildman–Crippen LogP) is 1.45. The number of aryl methyl sites for hydroxylation is 1. The number of benzene rings is 1. The van der Waals surface area contributed by atoms with E-state index in [1.807, 2.05) is 19.1 Å². The molecular weight excluding hydrogens is 278 g/mol. The molecule has 0 spiro atoms. The summed E-state index contributed by atoms with van der Waals surface area (Å²) in [7, 11) is -2.08. The zero-order valence-corrected chi connectivity index (χ0v) is 12.1. The summed E-state index contributed by atoms with van der Waals surface area (Å²) in [6.45, 7) is 2.28. The fraction of sp³-hybridized carbons (Fsp3) is 0.231. The minimum absolute atomic E-state index is 0.00304. The van der Waals surface area contributed by atoms with Crippen molar-refractivity contribution in [2.75, 3.05) is 17.7 Å². The monoisotopic (exact) mass is 295 g/mol. The summed E-state index contributed by atoms with van der Waals surface area (Å²) in [6.07, 6.45) is 0. The molecule has 1 aromatic heterocycles. The normalized spacial score (nSPS) is 11.6. The van der Waals surface area contributed by atoms with Crippen LogP contribution >= 0.6 is 0 Å². The molecule has 0 amide bonds. The molecule has 0 aliphatic rings. The van der Waals surface area contributed by atoms with Crippen molar-refractivity contribution in [2.45, 2.75) is 18.4 Å². The molecule has 7 heteroatoms. The summed E-state index contributed by atoms with van der Waals surface area (Å²) in [5, 5.41) is 5.23. The first-order valence-corrected chi connectivity index (χ1v) is 7.51. The summed E-state index contributed by atoms with van der Waals surface area (Å²) < 4.78 is 28.8. The van der Waals surface area contributed by atoms with Crippen LogP contribution in [0.3, 0.4) is 0 Å². The topological polar surface area (TPSA) is 103 Å². The van der Waals surface area contributed by atoms with Crippen LogP contribution in [0.15, 0.2) is 39.6 Å². The van der Waals surface area contributed by atoms with Crippen LogP contribution in [0, 0.1) is 6.92 Å². The van der Waals surface area contributed by atoms with E-state index in [2.05, 4.69) is 0 Å². The van der Waals surface area contributed by atoms with Gasteiger partial charge in [0.1, 0.15) is 16.4 Å². The van der Waals surface area contributed by atoms with Gasteiger partial charge >= 0.3 is 0 Å². The van der Waals surface area contributed by atoms with Crippen LogP contribution in [0.2, 0.25) is 0 Å². The summed E-state index contributed by atoms with van der Waals surface area (Å²) in [6, 6.07) is 8.32. The third kappa shape index (κ3) is 3.12. The van der Waals surface area contributed by atoms with Crippen LogP contribution in [-0.2, 0) is 16.6 Å². The first-order valence-electron chi connectivity index (χ1n) is 5.96. The molecule has 0 aliphatic heterocycles. The van der Waals surface area contributed by atoms with Gasteiger partial charge in [-0.3, -0.25) is 0 Å². The van der Waals surface area contributed by atoms with Crippen molar-refractivity contribution in [1.82, 2.24) is 0 Å². The van der Waals surface area contributed by atoms with E-state index in [1.54, 1.807) is 24.1 Å². The fourth-order valence-corrected chi connectivity index (χ4v) is 2.78. The van der Waals surface area contributed by atoms with E-state index in [0.717, 1.165) is 11.5 Å². The van der Waals surface area contributed by atoms with Gasteiger partial charge in [0.25, 0.3) is 0 Å². The highest BCUT2D eigenvalue weighted by Crippen LogP contribution is 2.27. The summed E-state index contributed by atoms with van der Waals surface area (Å²) in [5.74, 6) is 1.54. The van der Waals surface area contributed by atoms with Gasteiger partial charge in [-0.15, -0.1) is 0 Å². The Morgan fingerprint density at radius 1 is 1.25 bits per heavy atom. The lowest BCUT2D eigenvalue weighted by molar-refractivity contribution is 0.481. The first-order chi connectivity index (χ1) is 9.27. The molecule has 20 heavy (non-hydrogen) atoms. The molecule has 0 bridgehead atoms. The molecule has 108 valence electrons. The van der Waals surface area contributed by atoms with Gasteiger partial charge in [0.05, 0.1) is 12.2 Å². The van der Waals surface area contributed by atoms with Gasteiger partial charge in [0, 0.05) is 12.7 Å². The van der Waals surface area contributed by atoms with Crippen LogP contribution in [0.25, 0.3) is 0 Å². The minimum atomic E-state index is -3.84. The Morgan fingerprint density at radius 2 is 1.95 bits per heavy atom. The van der Waals surface area contributed by atoms with Gasteiger partial charge in [-0.1, -0.05) is 0 Å². The zero-order valence-electron chi connectivity index (χ0n) is 11.3. The number of furan rings is 1. The minimum Gasteiger partial charge on any atom is -0.464 e. The smallest absolute Gasteiger partial charge is 0.240 e. The Morgan fingerprint density at radius 3 is 2.50 bits per heavy atom. The lowest BCUT2D eigenvalue weighted by atomic mass is 10.2. The van der Waals surface area contributed by atoms with E-state index in [9.17, 15) is 8.42 Å². The molecule has 1 heterocycles. The second kappa shape index (κ2) is 5.18. The number of rotatable bonds is 4.